The highest BCUT2D eigenvalue weighted by molar-refractivity contribution is 6.01. The van der Waals surface area contributed by atoms with Crippen LogP contribution in [0.2, 0.25) is 0 Å². The molecule has 1 heterocycles. The second-order valence-corrected chi connectivity index (χ2v) is 4.25. The van der Waals surface area contributed by atoms with E-state index in [1.807, 2.05) is 0 Å². The zero-order valence-corrected chi connectivity index (χ0v) is 11.7. The predicted molar refractivity (Wildman–Crippen MR) is 60.7 cm³/mol. The van der Waals surface area contributed by atoms with Gasteiger partial charge in [-0.05, 0) is 13.8 Å². The van der Waals surface area contributed by atoms with Gasteiger partial charge in [0.05, 0.1) is 11.7 Å². The largest absolute Gasteiger partial charge is 0.459 e. The van der Waals surface area contributed by atoms with Crippen molar-refractivity contribution in [1.82, 2.24) is 0 Å². The van der Waals surface area contributed by atoms with E-state index in [1.165, 1.54) is 13.8 Å². The fourth-order valence-electron chi connectivity index (χ4n) is 1.94. The third-order valence-electron chi connectivity index (χ3n) is 2.70. The minimum Gasteiger partial charge on any atom is -0.459 e. The molecule has 4 nitrogen and oxygen atoms in total. The summed E-state index contributed by atoms with van der Waals surface area (Å²) in [7, 11) is 0. The molecule has 22 heavy (non-hydrogen) atoms. The third kappa shape index (κ3) is 4.35. The Bertz CT molecular complexity index is 440. The molecule has 0 radical (unpaired) electrons. The number of halogens is 6. The highest BCUT2D eigenvalue weighted by Gasteiger charge is 2.53. The summed E-state index contributed by atoms with van der Waals surface area (Å²) in [4.78, 5) is 11.3. The van der Waals surface area contributed by atoms with E-state index in [-0.39, 0.29) is 13.2 Å². The van der Waals surface area contributed by atoms with Gasteiger partial charge in [-0.2, -0.15) is 26.3 Å². The standard InChI is InChI=1S/C12H14F6O4/c1-3-20-6-5-7(21-4-2)22-10(12(16,17)18)8(6)9(19)11(13,14)15/h6-7H,3-5H2,1-2H3. The van der Waals surface area contributed by atoms with Crippen LogP contribution in [0.1, 0.15) is 20.3 Å². The van der Waals surface area contributed by atoms with E-state index >= 15 is 0 Å². The van der Waals surface area contributed by atoms with E-state index < -0.39 is 48.3 Å². The molecule has 0 aromatic carbocycles. The highest BCUT2D eigenvalue weighted by atomic mass is 19.4. The van der Waals surface area contributed by atoms with Crippen molar-refractivity contribution in [3.63, 3.8) is 0 Å². The molecule has 0 fully saturated rings. The molecule has 0 aromatic rings. The summed E-state index contributed by atoms with van der Waals surface area (Å²) in [5.41, 5.74) is -1.57. The highest BCUT2D eigenvalue weighted by Crippen LogP contribution is 2.40. The van der Waals surface area contributed by atoms with Crippen LogP contribution in [0.5, 0.6) is 0 Å². The number of Topliss-reactive ketones (excluding diaryl/α,β-unsaturated/α-hetero) is 1. The van der Waals surface area contributed by atoms with Crippen molar-refractivity contribution >= 4 is 5.78 Å². The number of allylic oxidation sites excluding steroid dienone is 1. The summed E-state index contributed by atoms with van der Waals surface area (Å²) in [5.74, 6) is -4.65. The minimum atomic E-state index is -5.47. The summed E-state index contributed by atoms with van der Waals surface area (Å²) in [6, 6.07) is 0. The Morgan fingerprint density at radius 3 is 2.09 bits per heavy atom. The summed E-state index contributed by atoms with van der Waals surface area (Å²) >= 11 is 0. The van der Waals surface area contributed by atoms with Gasteiger partial charge in [-0.15, -0.1) is 0 Å². The Hall–Kier alpha value is -1.29. The molecule has 0 saturated heterocycles. The van der Waals surface area contributed by atoms with Gasteiger partial charge < -0.3 is 14.2 Å². The number of ketones is 1. The zero-order chi connectivity index (χ0) is 17.1. The van der Waals surface area contributed by atoms with E-state index in [1.54, 1.807) is 0 Å². The number of carbonyl (C=O) groups excluding carboxylic acids is 1. The number of hydrogen-bond donors (Lipinski definition) is 0. The Balaban J connectivity index is 3.36. The first kappa shape index (κ1) is 18.8. The van der Waals surface area contributed by atoms with Crippen LogP contribution in [0.25, 0.3) is 0 Å². The van der Waals surface area contributed by atoms with Gasteiger partial charge in [-0.1, -0.05) is 0 Å². The molecule has 0 aliphatic carbocycles. The Morgan fingerprint density at radius 1 is 1.14 bits per heavy atom. The number of ether oxygens (including phenoxy) is 3. The first-order chi connectivity index (χ1) is 10.0. The Labute approximate surface area is 122 Å². The molecular formula is C12H14F6O4. The maximum absolute atomic E-state index is 13.0. The number of alkyl halides is 6. The lowest BCUT2D eigenvalue weighted by molar-refractivity contribution is -0.210. The SMILES string of the molecule is CCOC1CC(OCC)C(C(=O)C(F)(F)F)=C(C(F)(F)F)O1. The third-order valence-corrected chi connectivity index (χ3v) is 2.70. The van der Waals surface area contributed by atoms with Gasteiger partial charge in [0.15, 0.2) is 0 Å². The van der Waals surface area contributed by atoms with Crippen molar-refractivity contribution in [2.24, 2.45) is 0 Å². The Kier molecular flexibility index (Phi) is 5.85. The van der Waals surface area contributed by atoms with E-state index in [0.717, 1.165) is 0 Å². The lowest BCUT2D eigenvalue weighted by atomic mass is 9.97. The lowest BCUT2D eigenvalue weighted by Gasteiger charge is -2.33. The van der Waals surface area contributed by atoms with Gasteiger partial charge in [0.25, 0.3) is 5.78 Å². The molecule has 1 aliphatic rings. The van der Waals surface area contributed by atoms with Crippen LogP contribution in [0.15, 0.2) is 11.3 Å². The first-order valence-electron chi connectivity index (χ1n) is 6.35. The quantitative estimate of drug-likeness (QED) is 0.724. The number of rotatable bonds is 5. The molecule has 128 valence electrons. The predicted octanol–water partition coefficient (Wildman–Crippen LogP) is 3.12. The average Bonchev–Trinajstić information content (AvgIpc) is 2.36. The molecule has 0 saturated carbocycles. The van der Waals surface area contributed by atoms with Gasteiger partial charge in [0.2, 0.25) is 12.0 Å². The number of hydrogen-bond acceptors (Lipinski definition) is 4. The van der Waals surface area contributed by atoms with Gasteiger partial charge >= 0.3 is 12.4 Å². The fraction of sp³-hybridized carbons (Fsp3) is 0.750. The van der Waals surface area contributed by atoms with Crippen LogP contribution < -0.4 is 0 Å². The van der Waals surface area contributed by atoms with Gasteiger partial charge in [-0.25, -0.2) is 0 Å². The summed E-state index contributed by atoms with van der Waals surface area (Å²) in [5, 5.41) is 0. The second kappa shape index (κ2) is 6.86. The smallest absolute Gasteiger partial charge is 0.454 e. The van der Waals surface area contributed by atoms with E-state index in [4.69, 9.17) is 9.47 Å². The molecule has 0 amide bonds. The molecule has 0 bridgehead atoms. The minimum absolute atomic E-state index is 0.0167. The Morgan fingerprint density at radius 2 is 1.68 bits per heavy atom. The average molecular weight is 336 g/mol. The van der Waals surface area contributed by atoms with Gasteiger partial charge in [0, 0.05) is 19.6 Å². The molecule has 1 aliphatic heterocycles. The first-order valence-corrected chi connectivity index (χ1v) is 6.35. The molecular weight excluding hydrogens is 322 g/mol. The van der Waals surface area contributed by atoms with Crippen LogP contribution in [0.4, 0.5) is 26.3 Å². The molecule has 2 atom stereocenters. The van der Waals surface area contributed by atoms with Crippen LogP contribution in [0, 0.1) is 0 Å². The normalized spacial score (nSPS) is 23.5. The molecule has 0 aromatic heterocycles. The molecule has 10 heteroatoms. The van der Waals surface area contributed by atoms with Crippen molar-refractivity contribution < 1.29 is 45.3 Å². The zero-order valence-electron chi connectivity index (χ0n) is 11.7. The van der Waals surface area contributed by atoms with E-state index in [0.29, 0.717) is 0 Å². The fourth-order valence-corrected chi connectivity index (χ4v) is 1.94. The summed E-state index contributed by atoms with van der Waals surface area (Å²) in [6.07, 6.45) is -14.3. The summed E-state index contributed by atoms with van der Waals surface area (Å²) < 4.78 is 90.7. The van der Waals surface area contributed by atoms with Crippen molar-refractivity contribution in [3.05, 3.63) is 11.3 Å². The topological polar surface area (TPSA) is 44.8 Å². The monoisotopic (exact) mass is 336 g/mol. The van der Waals surface area contributed by atoms with E-state index in [2.05, 4.69) is 4.74 Å². The van der Waals surface area contributed by atoms with Crippen molar-refractivity contribution in [2.45, 2.75) is 45.0 Å². The van der Waals surface area contributed by atoms with Crippen LogP contribution in [-0.4, -0.2) is 43.7 Å². The molecule has 2 unspecified atom stereocenters. The maximum atomic E-state index is 13.0. The van der Waals surface area contributed by atoms with Crippen molar-refractivity contribution in [3.8, 4) is 0 Å². The molecule has 0 spiro atoms. The summed E-state index contributed by atoms with van der Waals surface area (Å²) in [6.45, 7) is 2.67. The molecule has 0 N–H and O–H groups in total. The maximum Gasteiger partial charge on any atom is 0.454 e. The van der Waals surface area contributed by atoms with Crippen LogP contribution in [0.3, 0.4) is 0 Å². The van der Waals surface area contributed by atoms with Crippen molar-refractivity contribution in [2.75, 3.05) is 13.2 Å². The van der Waals surface area contributed by atoms with Gasteiger partial charge in [0.1, 0.15) is 0 Å². The molecule has 1 rings (SSSR count). The van der Waals surface area contributed by atoms with E-state index in [9.17, 15) is 31.1 Å². The number of carbonyl (C=O) groups is 1. The lowest BCUT2D eigenvalue weighted by Crippen LogP contribution is -2.42. The van der Waals surface area contributed by atoms with Gasteiger partial charge in [-0.3, -0.25) is 4.79 Å². The second-order valence-electron chi connectivity index (χ2n) is 4.25. The van der Waals surface area contributed by atoms with Crippen molar-refractivity contribution in [1.29, 1.82) is 0 Å². The van der Waals surface area contributed by atoms with Crippen LogP contribution in [-0.2, 0) is 19.0 Å². The van der Waals surface area contributed by atoms with Crippen LogP contribution >= 0.6 is 0 Å².